The van der Waals surface area contributed by atoms with Gasteiger partial charge in [0.2, 0.25) is 5.91 Å². The molecule has 0 aliphatic heterocycles. The lowest BCUT2D eigenvalue weighted by Gasteiger charge is -2.30. The number of hydrogen-bond acceptors (Lipinski definition) is 2. The van der Waals surface area contributed by atoms with Crippen molar-refractivity contribution in [3.8, 4) is 0 Å². The first-order chi connectivity index (χ1) is 12.3. The summed E-state index contributed by atoms with van der Waals surface area (Å²) in [5, 5.41) is 4.31. The second-order valence-corrected chi connectivity index (χ2v) is 7.04. The number of benzene rings is 1. The monoisotopic (exact) mass is 365 g/mol. The predicted molar refractivity (Wildman–Crippen MR) is 91.6 cm³/mol. The molecule has 1 aromatic carbocycles. The topological polar surface area (TPSA) is 60.9 Å². The summed E-state index contributed by atoms with van der Waals surface area (Å²) in [6.45, 7) is 2.86. The predicted octanol–water partition coefficient (Wildman–Crippen LogP) is 4.28. The summed E-state index contributed by atoms with van der Waals surface area (Å²) in [4.78, 5) is 11.7. The number of aryl methyl sites for hydroxylation is 1. The molecule has 0 spiro atoms. The van der Waals surface area contributed by atoms with Crippen LogP contribution in [0.3, 0.4) is 0 Å². The largest absolute Gasteiger partial charge is 0.416 e. The van der Waals surface area contributed by atoms with Crippen LogP contribution >= 0.6 is 0 Å². The molecule has 0 atom stereocenters. The molecule has 2 aromatic rings. The van der Waals surface area contributed by atoms with E-state index >= 15 is 0 Å². The molecule has 4 nitrogen and oxygen atoms in total. The van der Waals surface area contributed by atoms with E-state index in [2.05, 4.69) is 5.10 Å². The molecule has 26 heavy (non-hydrogen) atoms. The third-order valence-electron chi connectivity index (χ3n) is 5.29. The Morgan fingerprint density at radius 2 is 1.92 bits per heavy atom. The van der Waals surface area contributed by atoms with Crippen LogP contribution in [0, 0.1) is 12.8 Å². The maximum atomic E-state index is 12.9. The molecule has 1 saturated carbocycles. The van der Waals surface area contributed by atoms with Gasteiger partial charge >= 0.3 is 6.18 Å². The Morgan fingerprint density at radius 1 is 1.23 bits per heavy atom. The van der Waals surface area contributed by atoms with Gasteiger partial charge in [-0.3, -0.25) is 9.48 Å². The zero-order valence-electron chi connectivity index (χ0n) is 14.6. The fourth-order valence-electron chi connectivity index (χ4n) is 3.79. The number of carbonyl (C=O) groups excluding carboxylic acids is 1. The van der Waals surface area contributed by atoms with Gasteiger partial charge in [-0.05, 0) is 68.2 Å². The van der Waals surface area contributed by atoms with Crippen molar-refractivity contribution in [3.63, 3.8) is 0 Å². The fourth-order valence-corrected chi connectivity index (χ4v) is 3.79. The average molecular weight is 365 g/mol. The van der Waals surface area contributed by atoms with Gasteiger partial charge in [0.05, 0.1) is 5.56 Å². The van der Waals surface area contributed by atoms with Crippen molar-refractivity contribution in [1.29, 1.82) is 0 Å². The van der Waals surface area contributed by atoms with Gasteiger partial charge < -0.3 is 5.73 Å². The van der Waals surface area contributed by atoms with Gasteiger partial charge in [-0.2, -0.15) is 18.3 Å². The lowest BCUT2D eigenvalue weighted by molar-refractivity contribution is -0.137. The van der Waals surface area contributed by atoms with E-state index in [4.69, 9.17) is 5.73 Å². The Kier molecular flexibility index (Phi) is 5.07. The quantitative estimate of drug-likeness (QED) is 0.879. The van der Waals surface area contributed by atoms with Crippen LogP contribution < -0.4 is 5.73 Å². The Labute approximate surface area is 150 Å². The van der Waals surface area contributed by atoms with E-state index in [9.17, 15) is 18.0 Å². The number of rotatable bonds is 4. The third-order valence-corrected chi connectivity index (χ3v) is 5.29. The number of nitrogens with two attached hydrogens (primary N) is 1. The average Bonchev–Trinajstić information content (AvgIpc) is 2.99. The molecule has 1 aromatic heterocycles. The third kappa shape index (κ3) is 3.92. The molecule has 7 heteroatoms. The van der Waals surface area contributed by atoms with E-state index in [1.54, 1.807) is 6.20 Å². The van der Waals surface area contributed by atoms with Gasteiger partial charge in [0.15, 0.2) is 0 Å². The highest BCUT2D eigenvalue weighted by atomic mass is 19.4. The zero-order valence-corrected chi connectivity index (χ0v) is 14.6. The highest BCUT2D eigenvalue weighted by Gasteiger charge is 2.33. The summed E-state index contributed by atoms with van der Waals surface area (Å²) in [5.41, 5.74) is 6.26. The number of halogens is 3. The number of carbonyl (C=O) groups is 1. The van der Waals surface area contributed by atoms with Crippen molar-refractivity contribution in [2.75, 3.05) is 0 Å². The molecule has 0 saturated heterocycles. The second kappa shape index (κ2) is 7.13. The number of amides is 1. The van der Waals surface area contributed by atoms with Crippen LogP contribution in [0.4, 0.5) is 13.2 Å². The van der Waals surface area contributed by atoms with Crippen LogP contribution in [-0.2, 0) is 12.7 Å². The molecule has 0 radical (unpaired) electrons. The maximum Gasteiger partial charge on any atom is 0.416 e. The van der Waals surface area contributed by atoms with Crippen LogP contribution in [0.15, 0.2) is 30.5 Å². The lowest BCUT2D eigenvalue weighted by atomic mass is 9.77. The second-order valence-electron chi connectivity index (χ2n) is 7.04. The molecule has 1 heterocycles. The Balaban J connectivity index is 1.72. The number of aromatic nitrogens is 2. The first kappa shape index (κ1) is 18.5. The van der Waals surface area contributed by atoms with Crippen molar-refractivity contribution in [2.24, 2.45) is 11.7 Å². The minimum Gasteiger partial charge on any atom is -0.366 e. The summed E-state index contributed by atoms with van der Waals surface area (Å²) >= 11 is 0. The van der Waals surface area contributed by atoms with Crippen molar-refractivity contribution in [1.82, 2.24) is 9.78 Å². The summed E-state index contributed by atoms with van der Waals surface area (Å²) < 4.78 is 40.7. The Morgan fingerprint density at radius 3 is 2.46 bits per heavy atom. The molecule has 3 rings (SSSR count). The standard InChI is InChI=1S/C19H22F3N3O/c1-12-8-9-24-25(12)11-13-2-4-14(5-3-13)16-7-6-15(19(20,21)22)10-17(16)18(23)26/h6-10,13-14H,2-5,11H2,1H3,(H2,23,26). The molecular formula is C19H22F3N3O. The fraction of sp³-hybridized carbons (Fsp3) is 0.474. The zero-order chi connectivity index (χ0) is 18.9. The minimum atomic E-state index is -4.48. The van der Waals surface area contributed by atoms with Gasteiger partial charge in [0.25, 0.3) is 0 Å². The molecule has 1 aliphatic carbocycles. The van der Waals surface area contributed by atoms with Crippen LogP contribution in [0.5, 0.6) is 0 Å². The lowest BCUT2D eigenvalue weighted by Crippen LogP contribution is -2.22. The number of alkyl halides is 3. The Hall–Kier alpha value is -2.31. The SMILES string of the molecule is Cc1ccnn1CC1CCC(c2ccc(C(F)(F)F)cc2C(N)=O)CC1. The summed E-state index contributed by atoms with van der Waals surface area (Å²) in [5.74, 6) is -0.258. The summed E-state index contributed by atoms with van der Waals surface area (Å²) in [6, 6.07) is 5.32. The van der Waals surface area contributed by atoms with E-state index in [1.807, 2.05) is 17.7 Å². The van der Waals surface area contributed by atoms with Crippen LogP contribution in [0.25, 0.3) is 0 Å². The smallest absolute Gasteiger partial charge is 0.366 e. The van der Waals surface area contributed by atoms with E-state index in [0.717, 1.165) is 50.1 Å². The highest BCUT2D eigenvalue weighted by Crippen LogP contribution is 2.39. The Bertz CT molecular complexity index is 790. The molecule has 1 amide bonds. The normalized spacial score (nSPS) is 20.9. The van der Waals surface area contributed by atoms with E-state index in [1.165, 1.54) is 6.07 Å². The van der Waals surface area contributed by atoms with Crippen LogP contribution in [0.2, 0.25) is 0 Å². The molecule has 1 aliphatic rings. The van der Waals surface area contributed by atoms with E-state index in [0.29, 0.717) is 11.5 Å². The van der Waals surface area contributed by atoms with E-state index < -0.39 is 17.6 Å². The maximum absolute atomic E-state index is 12.9. The van der Waals surface area contributed by atoms with Crippen molar-refractivity contribution >= 4 is 5.91 Å². The summed E-state index contributed by atoms with van der Waals surface area (Å²) in [6.07, 6.45) is 0.851. The first-order valence-corrected chi connectivity index (χ1v) is 8.75. The minimum absolute atomic E-state index is 0.00815. The number of primary amides is 1. The van der Waals surface area contributed by atoms with Crippen molar-refractivity contribution in [2.45, 2.75) is 51.2 Å². The number of hydrogen-bond donors (Lipinski definition) is 1. The molecular weight excluding hydrogens is 343 g/mol. The molecule has 0 unspecified atom stereocenters. The highest BCUT2D eigenvalue weighted by molar-refractivity contribution is 5.94. The molecule has 140 valence electrons. The van der Waals surface area contributed by atoms with Crippen molar-refractivity contribution in [3.05, 3.63) is 52.8 Å². The molecule has 2 N–H and O–H groups in total. The van der Waals surface area contributed by atoms with Gasteiger partial charge in [0.1, 0.15) is 0 Å². The van der Waals surface area contributed by atoms with Gasteiger partial charge in [-0.15, -0.1) is 0 Å². The van der Waals surface area contributed by atoms with Gasteiger partial charge in [0, 0.05) is 24.0 Å². The van der Waals surface area contributed by atoms with Crippen molar-refractivity contribution < 1.29 is 18.0 Å². The van der Waals surface area contributed by atoms with Crippen LogP contribution in [0.1, 0.15) is 58.8 Å². The van der Waals surface area contributed by atoms with E-state index in [-0.39, 0.29) is 11.5 Å². The number of nitrogens with zero attached hydrogens (tertiary/aromatic N) is 2. The first-order valence-electron chi connectivity index (χ1n) is 8.75. The molecule has 0 bridgehead atoms. The summed E-state index contributed by atoms with van der Waals surface area (Å²) in [7, 11) is 0. The molecule has 1 fully saturated rings. The van der Waals surface area contributed by atoms with Gasteiger partial charge in [-0.1, -0.05) is 6.07 Å². The van der Waals surface area contributed by atoms with Gasteiger partial charge in [-0.25, -0.2) is 0 Å². The van der Waals surface area contributed by atoms with Crippen LogP contribution in [-0.4, -0.2) is 15.7 Å².